The molecule has 0 aliphatic carbocycles. The SMILES string of the molecule is CC(=O)/C=C/C[C@H](CC(C)=O)NC(=O)OCc1ccccc1. The number of nitrogens with one attached hydrogen (secondary N) is 1. The molecule has 5 nitrogen and oxygen atoms in total. The van der Waals surface area contributed by atoms with Crippen LogP contribution in [0.3, 0.4) is 0 Å². The summed E-state index contributed by atoms with van der Waals surface area (Å²) in [6.07, 6.45) is 3.09. The Bertz CT molecular complexity index is 537. The van der Waals surface area contributed by atoms with E-state index >= 15 is 0 Å². The molecular weight excluding hydrogens is 282 g/mol. The van der Waals surface area contributed by atoms with Crippen molar-refractivity contribution in [1.82, 2.24) is 5.32 Å². The van der Waals surface area contributed by atoms with Crippen LogP contribution in [0.2, 0.25) is 0 Å². The van der Waals surface area contributed by atoms with Gasteiger partial charge >= 0.3 is 6.09 Å². The first-order chi connectivity index (χ1) is 10.5. The third kappa shape index (κ3) is 7.99. The van der Waals surface area contributed by atoms with E-state index in [2.05, 4.69) is 5.32 Å². The van der Waals surface area contributed by atoms with E-state index in [4.69, 9.17) is 4.74 Å². The Morgan fingerprint density at radius 1 is 1.18 bits per heavy atom. The molecule has 0 aromatic heterocycles. The molecule has 0 saturated carbocycles. The van der Waals surface area contributed by atoms with Crippen molar-refractivity contribution < 1.29 is 19.1 Å². The van der Waals surface area contributed by atoms with Crippen molar-refractivity contribution in [3.8, 4) is 0 Å². The molecule has 1 amide bonds. The second kappa shape index (κ2) is 9.50. The maximum Gasteiger partial charge on any atom is 0.407 e. The van der Waals surface area contributed by atoms with Crippen LogP contribution in [0.15, 0.2) is 42.5 Å². The number of ether oxygens (including phenoxy) is 1. The summed E-state index contributed by atoms with van der Waals surface area (Å²) in [7, 11) is 0. The average Bonchev–Trinajstić information content (AvgIpc) is 2.45. The smallest absolute Gasteiger partial charge is 0.407 e. The van der Waals surface area contributed by atoms with Gasteiger partial charge in [-0.05, 0) is 31.9 Å². The van der Waals surface area contributed by atoms with E-state index in [0.29, 0.717) is 6.42 Å². The Morgan fingerprint density at radius 3 is 2.45 bits per heavy atom. The Morgan fingerprint density at radius 2 is 1.86 bits per heavy atom. The molecule has 0 unspecified atom stereocenters. The maximum absolute atomic E-state index is 11.8. The van der Waals surface area contributed by atoms with Crippen molar-refractivity contribution in [2.75, 3.05) is 0 Å². The van der Waals surface area contributed by atoms with Crippen LogP contribution in [-0.4, -0.2) is 23.7 Å². The highest BCUT2D eigenvalue weighted by Crippen LogP contribution is 2.04. The predicted octanol–water partition coefficient (Wildman–Crippen LogP) is 2.80. The molecule has 1 rings (SSSR count). The van der Waals surface area contributed by atoms with Gasteiger partial charge in [0.25, 0.3) is 0 Å². The number of amides is 1. The molecule has 1 N–H and O–H groups in total. The van der Waals surface area contributed by atoms with E-state index < -0.39 is 6.09 Å². The normalized spacial score (nSPS) is 11.9. The molecule has 0 spiro atoms. The van der Waals surface area contributed by atoms with Crippen LogP contribution in [0.5, 0.6) is 0 Å². The lowest BCUT2D eigenvalue weighted by Gasteiger charge is -2.15. The van der Waals surface area contributed by atoms with Crippen LogP contribution in [0.1, 0.15) is 32.3 Å². The number of ketones is 2. The fourth-order valence-electron chi connectivity index (χ4n) is 1.87. The number of benzene rings is 1. The quantitative estimate of drug-likeness (QED) is 0.750. The molecule has 0 aliphatic heterocycles. The summed E-state index contributed by atoms with van der Waals surface area (Å²) in [4.78, 5) is 33.9. The van der Waals surface area contributed by atoms with E-state index in [0.717, 1.165) is 5.56 Å². The van der Waals surface area contributed by atoms with Crippen LogP contribution < -0.4 is 5.32 Å². The topological polar surface area (TPSA) is 72.5 Å². The van der Waals surface area contributed by atoms with E-state index in [1.54, 1.807) is 6.08 Å². The molecule has 0 radical (unpaired) electrons. The van der Waals surface area contributed by atoms with Crippen molar-refractivity contribution in [3.05, 3.63) is 48.0 Å². The van der Waals surface area contributed by atoms with Gasteiger partial charge in [-0.25, -0.2) is 4.79 Å². The van der Waals surface area contributed by atoms with E-state index in [-0.39, 0.29) is 30.6 Å². The number of carbonyl (C=O) groups excluding carboxylic acids is 3. The lowest BCUT2D eigenvalue weighted by molar-refractivity contribution is -0.117. The monoisotopic (exact) mass is 303 g/mol. The van der Waals surface area contributed by atoms with Gasteiger partial charge in [0.15, 0.2) is 5.78 Å². The Kier molecular flexibility index (Phi) is 7.61. The van der Waals surface area contributed by atoms with Crippen LogP contribution in [0.25, 0.3) is 0 Å². The molecule has 0 saturated heterocycles. The molecule has 0 bridgehead atoms. The maximum atomic E-state index is 11.8. The van der Waals surface area contributed by atoms with Crippen LogP contribution >= 0.6 is 0 Å². The number of alkyl carbamates (subject to hydrolysis) is 1. The summed E-state index contributed by atoms with van der Waals surface area (Å²) in [5.41, 5.74) is 0.886. The van der Waals surface area contributed by atoms with Gasteiger partial charge in [0, 0.05) is 12.5 Å². The van der Waals surface area contributed by atoms with Gasteiger partial charge in [0.1, 0.15) is 12.4 Å². The summed E-state index contributed by atoms with van der Waals surface area (Å²) in [6, 6.07) is 8.94. The first kappa shape index (κ1) is 17.6. The number of rotatable bonds is 8. The minimum absolute atomic E-state index is 0.0374. The predicted molar refractivity (Wildman–Crippen MR) is 83.3 cm³/mol. The van der Waals surface area contributed by atoms with Crippen molar-refractivity contribution in [3.63, 3.8) is 0 Å². The van der Waals surface area contributed by atoms with Gasteiger partial charge in [-0.2, -0.15) is 0 Å². The van der Waals surface area contributed by atoms with Gasteiger partial charge in [0.2, 0.25) is 0 Å². The summed E-state index contributed by atoms with van der Waals surface area (Å²) in [5, 5.41) is 2.65. The van der Waals surface area contributed by atoms with Crippen molar-refractivity contribution in [2.45, 2.75) is 39.3 Å². The number of allylic oxidation sites excluding steroid dienone is 1. The largest absolute Gasteiger partial charge is 0.445 e. The number of hydrogen-bond acceptors (Lipinski definition) is 4. The molecule has 0 heterocycles. The first-order valence-corrected chi connectivity index (χ1v) is 7.11. The minimum atomic E-state index is -0.577. The first-order valence-electron chi connectivity index (χ1n) is 7.11. The average molecular weight is 303 g/mol. The zero-order chi connectivity index (χ0) is 16.4. The van der Waals surface area contributed by atoms with E-state index in [9.17, 15) is 14.4 Å². The third-order valence-electron chi connectivity index (χ3n) is 2.84. The van der Waals surface area contributed by atoms with Gasteiger partial charge < -0.3 is 10.1 Å². The van der Waals surface area contributed by atoms with Crippen molar-refractivity contribution in [1.29, 1.82) is 0 Å². The number of carbonyl (C=O) groups is 3. The third-order valence-corrected chi connectivity index (χ3v) is 2.84. The molecule has 0 aliphatic rings. The standard InChI is InChI=1S/C17H21NO4/c1-13(19)7-6-10-16(11-14(2)20)18-17(21)22-12-15-8-4-3-5-9-15/h3-9,16H,10-12H2,1-2H3,(H,18,21)/b7-6+/t16-/m1/s1. The summed E-state index contributed by atoms with van der Waals surface area (Å²) in [5.74, 6) is -0.113. The van der Waals surface area contributed by atoms with Crippen molar-refractivity contribution >= 4 is 17.7 Å². The molecule has 118 valence electrons. The van der Waals surface area contributed by atoms with Gasteiger partial charge in [-0.1, -0.05) is 36.4 Å². The molecule has 0 fully saturated rings. The summed E-state index contributed by atoms with van der Waals surface area (Å²) < 4.78 is 5.12. The highest BCUT2D eigenvalue weighted by Gasteiger charge is 2.14. The van der Waals surface area contributed by atoms with Crippen molar-refractivity contribution in [2.24, 2.45) is 0 Å². The lowest BCUT2D eigenvalue weighted by Crippen LogP contribution is -2.36. The van der Waals surface area contributed by atoms with Crippen LogP contribution in [-0.2, 0) is 20.9 Å². The molecule has 5 heteroatoms. The number of Topliss-reactive ketones (excluding diaryl/α,β-unsaturated/α-hetero) is 1. The molecule has 1 aromatic rings. The highest BCUT2D eigenvalue weighted by molar-refractivity contribution is 5.87. The fourth-order valence-corrected chi connectivity index (χ4v) is 1.87. The fraction of sp³-hybridized carbons (Fsp3) is 0.353. The number of hydrogen-bond donors (Lipinski definition) is 1. The zero-order valence-corrected chi connectivity index (χ0v) is 12.9. The minimum Gasteiger partial charge on any atom is -0.445 e. The molecule has 1 atom stereocenters. The zero-order valence-electron chi connectivity index (χ0n) is 12.9. The highest BCUT2D eigenvalue weighted by atomic mass is 16.5. The van der Waals surface area contributed by atoms with Crippen LogP contribution in [0, 0.1) is 0 Å². The van der Waals surface area contributed by atoms with E-state index in [1.165, 1.54) is 19.9 Å². The Hall–Kier alpha value is -2.43. The Balaban J connectivity index is 2.47. The van der Waals surface area contributed by atoms with Gasteiger partial charge in [-0.3, -0.25) is 9.59 Å². The molecule has 22 heavy (non-hydrogen) atoms. The van der Waals surface area contributed by atoms with Crippen LogP contribution in [0.4, 0.5) is 4.79 Å². The van der Waals surface area contributed by atoms with Gasteiger partial charge in [-0.15, -0.1) is 0 Å². The summed E-state index contributed by atoms with van der Waals surface area (Å²) >= 11 is 0. The summed E-state index contributed by atoms with van der Waals surface area (Å²) in [6.45, 7) is 3.07. The second-order valence-corrected chi connectivity index (χ2v) is 5.06. The Labute approximate surface area is 130 Å². The second-order valence-electron chi connectivity index (χ2n) is 5.06. The molecule has 1 aromatic carbocycles. The molecular formula is C17H21NO4. The van der Waals surface area contributed by atoms with Gasteiger partial charge in [0.05, 0.1) is 0 Å². The lowest BCUT2D eigenvalue weighted by atomic mass is 10.1. The van der Waals surface area contributed by atoms with E-state index in [1.807, 2.05) is 30.3 Å².